The zero-order chi connectivity index (χ0) is 17.4. The minimum absolute atomic E-state index is 0.129. The average molecular weight is 333 g/mol. The van der Waals surface area contributed by atoms with Crippen LogP contribution in [0.5, 0.6) is 0 Å². The molecule has 6 heteroatoms. The van der Waals surface area contributed by atoms with Gasteiger partial charge in [0.05, 0.1) is 0 Å². The van der Waals surface area contributed by atoms with E-state index in [0.717, 1.165) is 31.4 Å². The molecule has 4 N–H and O–H groups in total. The summed E-state index contributed by atoms with van der Waals surface area (Å²) in [6.07, 6.45) is 5.14. The van der Waals surface area contributed by atoms with Crippen molar-refractivity contribution < 1.29 is 14.7 Å². The lowest BCUT2D eigenvalue weighted by molar-refractivity contribution is -0.121. The quantitative estimate of drug-likeness (QED) is 0.715. The van der Waals surface area contributed by atoms with Crippen molar-refractivity contribution in [1.29, 1.82) is 0 Å². The van der Waals surface area contributed by atoms with Gasteiger partial charge in [0, 0.05) is 11.7 Å². The maximum Gasteiger partial charge on any atom is 0.405 e. The number of rotatable bonds is 7. The van der Waals surface area contributed by atoms with E-state index in [2.05, 4.69) is 5.32 Å². The SMILES string of the molecule is NCCCC(NC(=O)O)C(=O)N(c1ccccc1)C1CCCCC1. The van der Waals surface area contributed by atoms with E-state index < -0.39 is 12.1 Å². The fourth-order valence-electron chi connectivity index (χ4n) is 3.34. The standard InChI is InChI=1S/C18H27N3O3/c19-13-7-12-16(20-18(23)24)17(22)21(14-8-3-1-4-9-14)15-10-5-2-6-11-15/h1,3-4,8-9,15-16,20H,2,5-7,10-13,19H2,(H,23,24). The van der Waals surface area contributed by atoms with Crippen molar-refractivity contribution in [2.24, 2.45) is 5.73 Å². The first-order valence-electron chi connectivity index (χ1n) is 8.71. The normalized spacial score (nSPS) is 16.4. The molecule has 0 bridgehead atoms. The highest BCUT2D eigenvalue weighted by Gasteiger charge is 2.32. The van der Waals surface area contributed by atoms with Gasteiger partial charge >= 0.3 is 6.09 Å². The Kier molecular flexibility index (Phi) is 7.06. The summed E-state index contributed by atoms with van der Waals surface area (Å²) >= 11 is 0. The van der Waals surface area contributed by atoms with Gasteiger partial charge in [-0.1, -0.05) is 37.5 Å². The van der Waals surface area contributed by atoms with Gasteiger partial charge < -0.3 is 21.1 Å². The Morgan fingerprint density at radius 2 is 1.88 bits per heavy atom. The zero-order valence-corrected chi connectivity index (χ0v) is 14.0. The molecule has 1 unspecified atom stereocenters. The highest BCUT2D eigenvalue weighted by atomic mass is 16.4. The second-order valence-corrected chi connectivity index (χ2v) is 6.27. The van der Waals surface area contributed by atoms with E-state index >= 15 is 0 Å². The molecule has 132 valence electrons. The first kappa shape index (κ1) is 18.3. The van der Waals surface area contributed by atoms with Crippen LogP contribution in [0.4, 0.5) is 10.5 Å². The molecule has 1 aliphatic carbocycles. The first-order valence-corrected chi connectivity index (χ1v) is 8.71. The van der Waals surface area contributed by atoms with Gasteiger partial charge in [-0.05, 0) is 44.4 Å². The third-order valence-electron chi connectivity index (χ3n) is 4.50. The molecule has 0 spiro atoms. The molecule has 1 fully saturated rings. The number of benzene rings is 1. The van der Waals surface area contributed by atoms with Gasteiger partial charge in [-0.25, -0.2) is 4.79 Å². The summed E-state index contributed by atoms with van der Waals surface area (Å²) in [6, 6.07) is 8.91. The van der Waals surface area contributed by atoms with Crippen molar-refractivity contribution in [3.05, 3.63) is 30.3 Å². The molecule has 2 rings (SSSR count). The molecule has 2 amide bonds. The smallest absolute Gasteiger partial charge is 0.405 e. The van der Waals surface area contributed by atoms with Gasteiger partial charge in [-0.3, -0.25) is 4.79 Å². The second kappa shape index (κ2) is 9.27. The van der Waals surface area contributed by atoms with Crippen LogP contribution >= 0.6 is 0 Å². The van der Waals surface area contributed by atoms with Crippen molar-refractivity contribution in [2.45, 2.75) is 57.0 Å². The molecule has 1 aliphatic rings. The predicted octanol–water partition coefficient (Wildman–Crippen LogP) is 2.73. The summed E-state index contributed by atoms with van der Waals surface area (Å²) in [5.41, 5.74) is 6.37. The monoisotopic (exact) mass is 333 g/mol. The van der Waals surface area contributed by atoms with E-state index in [4.69, 9.17) is 10.8 Å². The number of nitrogens with one attached hydrogen (secondary N) is 1. The van der Waals surface area contributed by atoms with Crippen molar-refractivity contribution >= 4 is 17.7 Å². The summed E-state index contributed by atoms with van der Waals surface area (Å²) in [7, 11) is 0. The topological polar surface area (TPSA) is 95.7 Å². The summed E-state index contributed by atoms with van der Waals surface area (Å²) in [6.45, 7) is 0.430. The molecule has 0 saturated heterocycles. The maximum absolute atomic E-state index is 13.1. The number of para-hydroxylation sites is 1. The minimum atomic E-state index is -1.18. The zero-order valence-electron chi connectivity index (χ0n) is 14.0. The number of carbonyl (C=O) groups is 2. The van der Waals surface area contributed by atoms with Crippen LogP contribution in [0.15, 0.2) is 30.3 Å². The van der Waals surface area contributed by atoms with Crippen molar-refractivity contribution in [3.63, 3.8) is 0 Å². The Morgan fingerprint density at radius 1 is 1.21 bits per heavy atom. The molecule has 1 atom stereocenters. The molecule has 0 aliphatic heterocycles. The van der Waals surface area contributed by atoms with Crippen LogP contribution in [-0.2, 0) is 4.79 Å². The van der Waals surface area contributed by atoms with Gasteiger partial charge in [0.25, 0.3) is 0 Å². The van der Waals surface area contributed by atoms with Gasteiger partial charge in [0.15, 0.2) is 0 Å². The van der Waals surface area contributed by atoms with Crippen LogP contribution in [-0.4, -0.2) is 35.7 Å². The molecule has 1 aromatic rings. The number of nitrogens with zero attached hydrogens (tertiary/aromatic N) is 1. The number of carboxylic acid groups (broad SMARTS) is 1. The first-order chi connectivity index (χ1) is 11.6. The third-order valence-corrected chi connectivity index (χ3v) is 4.50. The molecule has 1 aromatic carbocycles. The molecule has 1 saturated carbocycles. The van der Waals surface area contributed by atoms with Crippen LogP contribution < -0.4 is 16.0 Å². The van der Waals surface area contributed by atoms with Crippen molar-refractivity contribution in [3.8, 4) is 0 Å². The number of hydrogen-bond donors (Lipinski definition) is 3. The van der Waals surface area contributed by atoms with E-state index in [1.807, 2.05) is 30.3 Å². The number of anilines is 1. The average Bonchev–Trinajstić information content (AvgIpc) is 2.60. The van der Waals surface area contributed by atoms with E-state index in [1.165, 1.54) is 6.42 Å². The summed E-state index contributed by atoms with van der Waals surface area (Å²) in [5.74, 6) is -0.177. The Hall–Kier alpha value is -2.08. The largest absolute Gasteiger partial charge is 0.465 e. The predicted molar refractivity (Wildman–Crippen MR) is 94.0 cm³/mol. The highest BCUT2D eigenvalue weighted by Crippen LogP contribution is 2.28. The van der Waals surface area contributed by atoms with Crippen molar-refractivity contribution in [1.82, 2.24) is 5.32 Å². The molecule has 0 heterocycles. The third kappa shape index (κ3) is 4.96. The van der Waals surface area contributed by atoms with E-state index in [1.54, 1.807) is 4.90 Å². The molecule has 0 radical (unpaired) electrons. The Morgan fingerprint density at radius 3 is 2.46 bits per heavy atom. The van der Waals surface area contributed by atoms with E-state index in [0.29, 0.717) is 19.4 Å². The van der Waals surface area contributed by atoms with Crippen LogP contribution in [0.1, 0.15) is 44.9 Å². The second-order valence-electron chi connectivity index (χ2n) is 6.27. The Balaban J connectivity index is 2.25. The number of hydrogen-bond acceptors (Lipinski definition) is 3. The van der Waals surface area contributed by atoms with Gasteiger partial charge in [-0.15, -0.1) is 0 Å². The van der Waals surface area contributed by atoms with Gasteiger partial charge in [-0.2, -0.15) is 0 Å². The molecular formula is C18H27N3O3. The van der Waals surface area contributed by atoms with Gasteiger partial charge in [0.2, 0.25) is 5.91 Å². The lowest BCUT2D eigenvalue weighted by atomic mass is 9.93. The van der Waals surface area contributed by atoms with Crippen LogP contribution in [0.25, 0.3) is 0 Å². The fraction of sp³-hybridized carbons (Fsp3) is 0.556. The van der Waals surface area contributed by atoms with Crippen molar-refractivity contribution in [2.75, 3.05) is 11.4 Å². The molecule has 6 nitrogen and oxygen atoms in total. The van der Waals surface area contributed by atoms with Crippen LogP contribution in [0.3, 0.4) is 0 Å². The summed E-state index contributed by atoms with van der Waals surface area (Å²) in [5, 5.41) is 11.5. The maximum atomic E-state index is 13.1. The van der Waals surface area contributed by atoms with E-state index in [9.17, 15) is 9.59 Å². The molecular weight excluding hydrogens is 306 g/mol. The highest BCUT2D eigenvalue weighted by molar-refractivity contribution is 5.99. The summed E-state index contributed by atoms with van der Waals surface area (Å²) in [4.78, 5) is 26.0. The Bertz CT molecular complexity index is 530. The molecule has 24 heavy (non-hydrogen) atoms. The van der Waals surface area contributed by atoms with Crippen LogP contribution in [0, 0.1) is 0 Å². The summed E-state index contributed by atoms with van der Waals surface area (Å²) < 4.78 is 0. The lowest BCUT2D eigenvalue weighted by Crippen LogP contribution is -2.52. The Labute approximate surface area is 143 Å². The van der Waals surface area contributed by atoms with Gasteiger partial charge in [0.1, 0.15) is 6.04 Å². The van der Waals surface area contributed by atoms with Crippen LogP contribution in [0.2, 0.25) is 0 Å². The number of amides is 2. The number of nitrogens with two attached hydrogens (primary N) is 1. The fourth-order valence-corrected chi connectivity index (χ4v) is 3.34. The lowest BCUT2D eigenvalue weighted by Gasteiger charge is -2.36. The number of carbonyl (C=O) groups excluding carboxylic acids is 1. The molecule has 0 aromatic heterocycles. The minimum Gasteiger partial charge on any atom is -0.465 e. The van der Waals surface area contributed by atoms with E-state index in [-0.39, 0.29) is 11.9 Å².